The van der Waals surface area contributed by atoms with Gasteiger partial charge in [-0.05, 0) is 27.2 Å². The minimum Gasteiger partial charge on any atom is -0.353 e. The SMILES string of the molecule is CCNC(=O)NCCCC(OCC)OCC. The molecule has 0 aliphatic rings. The summed E-state index contributed by atoms with van der Waals surface area (Å²) in [5.74, 6) is 0. The third-order valence-electron chi connectivity index (χ3n) is 1.94. The number of nitrogens with one attached hydrogen (secondary N) is 2. The van der Waals surface area contributed by atoms with E-state index in [9.17, 15) is 4.79 Å². The topological polar surface area (TPSA) is 59.6 Å². The molecule has 0 aliphatic heterocycles. The van der Waals surface area contributed by atoms with Crippen molar-refractivity contribution >= 4 is 6.03 Å². The number of hydrogen-bond donors (Lipinski definition) is 2. The Morgan fingerprint density at radius 2 is 1.75 bits per heavy atom. The van der Waals surface area contributed by atoms with E-state index < -0.39 is 0 Å². The number of rotatable bonds is 9. The molecule has 96 valence electrons. The van der Waals surface area contributed by atoms with Gasteiger partial charge in [0.05, 0.1) is 0 Å². The Bertz CT molecular complexity index is 171. The van der Waals surface area contributed by atoms with Crippen LogP contribution in [-0.4, -0.2) is 38.6 Å². The van der Waals surface area contributed by atoms with Crippen LogP contribution in [0.3, 0.4) is 0 Å². The van der Waals surface area contributed by atoms with Gasteiger partial charge in [0.1, 0.15) is 0 Å². The van der Waals surface area contributed by atoms with E-state index in [-0.39, 0.29) is 12.3 Å². The molecule has 0 aromatic rings. The number of carbonyl (C=O) groups excluding carboxylic acids is 1. The predicted octanol–water partition coefficient (Wildman–Crippen LogP) is 1.48. The monoisotopic (exact) mass is 232 g/mol. The normalized spacial score (nSPS) is 10.5. The van der Waals surface area contributed by atoms with Crippen LogP contribution in [0.5, 0.6) is 0 Å². The smallest absolute Gasteiger partial charge is 0.314 e. The molecular formula is C11H24N2O3. The molecule has 0 spiro atoms. The van der Waals surface area contributed by atoms with E-state index >= 15 is 0 Å². The first kappa shape index (κ1) is 15.2. The van der Waals surface area contributed by atoms with E-state index in [2.05, 4.69) is 10.6 Å². The van der Waals surface area contributed by atoms with Gasteiger partial charge >= 0.3 is 6.03 Å². The molecule has 0 saturated heterocycles. The Hall–Kier alpha value is -0.810. The molecule has 0 unspecified atom stereocenters. The number of hydrogen-bond acceptors (Lipinski definition) is 3. The first-order valence-electron chi connectivity index (χ1n) is 5.99. The maximum atomic E-state index is 11.1. The van der Waals surface area contributed by atoms with Gasteiger partial charge in [-0.15, -0.1) is 0 Å². The van der Waals surface area contributed by atoms with Crippen molar-refractivity contribution in [1.82, 2.24) is 10.6 Å². The van der Waals surface area contributed by atoms with Crippen molar-refractivity contribution in [2.24, 2.45) is 0 Å². The van der Waals surface area contributed by atoms with Crippen LogP contribution in [0.15, 0.2) is 0 Å². The minimum absolute atomic E-state index is 0.119. The van der Waals surface area contributed by atoms with E-state index in [4.69, 9.17) is 9.47 Å². The Morgan fingerprint density at radius 1 is 1.12 bits per heavy atom. The van der Waals surface area contributed by atoms with E-state index in [1.54, 1.807) is 0 Å². The molecule has 16 heavy (non-hydrogen) atoms. The number of urea groups is 1. The number of carbonyl (C=O) groups is 1. The molecule has 0 aromatic heterocycles. The Balaban J connectivity index is 3.49. The molecule has 0 radical (unpaired) electrons. The summed E-state index contributed by atoms with van der Waals surface area (Å²) in [5.41, 5.74) is 0. The molecule has 0 bridgehead atoms. The van der Waals surface area contributed by atoms with Crippen LogP contribution >= 0.6 is 0 Å². The summed E-state index contributed by atoms with van der Waals surface area (Å²) in [6.45, 7) is 8.36. The maximum absolute atomic E-state index is 11.1. The lowest BCUT2D eigenvalue weighted by Crippen LogP contribution is -2.36. The van der Waals surface area contributed by atoms with E-state index in [0.29, 0.717) is 26.3 Å². The summed E-state index contributed by atoms with van der Waals surface area (Å²) < 4.78 is 10.8. The number of ether oxygens (including phenoxy) is 2. The average Bonchev–Trinajstić information content (AvgIpc) is 2.25. The number of amides is 2. The van der Waals surface area contributed by atoms with Crippen molar-refractivity contribution in [1.29, 1.82) is 0 Å². The van der Waals surface area contributed by atoms with E-state index in [1.165, 1.54) is 0 Å². The van der Waals surface area contributed by atoms with E-state index in [1.807, 2.05) is 20.8 Å². The molecule has 5 heteroatoms. The molecule has 0 saturated carbocycles. The van der Waals surface area contributed by atoms with Gasteiger partial charge in [0, 0.05) is 32.7 Å². The maximum Gasteiger partial charge on any atom is 0.314 e. The van der Waals surface area contributed by atoms with Gasteiger partial charge in [0.2, 0.25) is 0 Å². The third-order valence-corrected chi connectivity index (χ3v) is 1.94. The second kappa shape index (κ2) is 10.7. The lowest BCUT2D eigenvalue weighted by atomic mass is 10.3. The molecule has 5 nitrogen and oxygen atoms in total. The first-order chi connectivity index (χ1) is 7.74. The molecule has 0 atom stereocenters. The van der Waals surface area contributed by atoms with Crippen molar-refractivity contribution in [3.63, 3.8) is 0 Å². The fourth-order valence-electron chi connectivity index (χ4n) is 1.28. The Morgan fingerprint density at radius 3 is 2.25 bits per heavy atom. The highest BCUT2D eigenvalue weighted by atomic mass is 16.7. The summed E-state index contributed by atoms with van der Waals surface area (Å²) in [6.07, 6.45) is 1.50. The van der Waals surface area contributed by atoms with Crippen molar-refractivity contribution in [2.45, 2.75) is 39.9 Å². The van der Waals surface area contributed by atoms with Crippen molar-refractivity contribution in [3.05, 3.63) is 0 Å². The Labute approximate surface area is 97.9 Å². The molecule has 0 aromatic carbocycles. The molecule has 0 rings (SSSR count). The second-order valence-electron chi connectivity index (χ2n) is 3.27. The minimum atomic E-state index is -0.147. The summed E-state index contributed by atoms with van der Waals surface area (Å²) in [5, 5.41) is 5.43. The van der Waals surface area contributed by atoms with Crippen LogP contribution < -0.4 is 10.6 Å². The van der Waals surface area contributed by atoms with Crippen molar-refractivity contribution in [3.8, 4) is 0 Å². The standard InChI is InChI=1S/C11H24N2O3/c1-4-12-11(14)13-9-7-8-10(15-5-2)16-6-3/h10H,4-9H2,1-3H3,(H2,12,13,14). The fourth-order valence-corrected chi connectivity index (χ4v) is 1.28. The molecule has 2 amide bonds. The van der Waals surface area contributed by atoms with Gasteiger partial charge in [-0.1, -0.05) is 0 Å². The molecule has 0 heterocycles. The van der Waals surface area contributed by atoms with Gasteiger partial charge in [-0.25, -0.2) is 4.79 Å². The molecular weight excluding hydrogens is 208 g/mol. The quantitative estimate of drug-likeness (QED) is 0.467. The second-order valence-corrected chi connectivity index (χ2v) is 3.27. The van der Waals surface area contributed by atoms with Gasteiger partial charge in [0.25, 0.3) is 0 Å². The van der Waals surface area contributed by atoms with E-state index in [0.717, 1.165) is 12.8 Å². The zero-order valence-electron chi connectivity index (χ0n) is 10.5. The van der Waals surface area contributed by atoms with Crippen molar-refractivity contribution < 1.29 is 14.3 Å². The lowest BCUT2D eigenvalue weighted by Gasteiger charge is -2.16. The van der Waals surface area contributed by atoms with Crippen LogP contribution in [0.4, 0.5) is 4.79 Å². The fraction of sp³-hybridized carbons (Fsp3) is 0.909. The highest BCUT2D eigenvalue weighted by Crippen LogP contribution is 2.03. The van der Waals surface area contributed by atoms with Gasteiger partial charge in [-0.3, -0.25) is 0 Å². The summed E-state index contributed by atoms with van der Waals surface area (Å²) in [6, 6.07) is -0.119. The predicted molar refractivity (Wildman–Crippen MR) is 63.3 cm³/mol. The van der Waals surface area contributed by atoms with Crippen LogP contribution in [0, 0.1) is 0 Å². The van der Waals surface area contributed by atoms with Gasteiger partial charge < -0.3 is 20.1 Å². The Kier molecular flexibility index (Phi) is 10.2. The lowest BCUT2D eigenvalue weighted by molar-refractivity contribution is -0.139. The molecule has 2 N–H and O–H groups in total. The van der Waals surface area contributed by atoms with Crippen molar-refractivity contribution in [2.75, 3.05) is 26.3 Å². The molecule has 0 fully saturated rings. The van der Waals surface area contributed by atoms with Crippen LogP contribution in [0.2, 0.25) is 0 Å². The average molecular weight is 232 g/mol. The largest absolute Gasteiger partial charge is 0.353 e. The first-order valence-corrected chi connectivity index (χ1v) is 5.99. The summed E-state index contributed by atoms with van der Waals surface area (Å²) >= 11 is 0. The third kappa shape index (κ3) is 8.49. The highest BCUT2D eigenvalue weighted by molar-refractivity contribution is 5.73. The van der Waals surface area contributed by atoms with Gasteiger partial charge in [0.15, 0.2) is 6.29 Å². The zero-order chi connectivity index (χ0) is 12.2. The van der Waals surface area contributed by atoms with Crippen LogP contribution in [-0.2, 0) is 9.47 Å². The van der Waals surface area contributed by atoms with Crippen LogP contribution in [0.25, 0.3) is 0 Å². The zero-order valence-corrected chi connectivity index (χ0v) is 10.5. The summed E-state index contributed by atoms with van der Waals surface area (Å²) in [4.78, 5) is 11.1. The highest BCUT2D eigenvalue weighted by Gasteiger charge is 2.07. The summed E-state index contributed by atoms with van der Waals surface area (Å²) in [7, 11) is 0. The van der Waals surface area contributed by atoms with Crippen LogP contribution in [0.1, 0.15) is 33.6 Å². The van der Waals surface area contributed by atoms with Gasteiger partial charge in [-0.2, -0.15) is 0 Å². The molecule has 0 aliphatic carbocycles.